The van der Waals surface area contributed by atoms with Crippen LogP contribution >= 0.6 is 0 Å². The van der Waals surface area contributed by atoms with Crippen molar-refractivity contribution in [1.29, 1.82) is 0 Å². The SMILES string of the molecule is C=C(CC(C)C(N)CC)N1CC(C)OC(C)C1C. The summed E-state index contributed by atoms with van der Waals surface area (Å²) in [6.07, 6.45) is 2.56. The molecule has 0 saturated carbocycles. The Balaban J connectivity index is 2.59. The lowest BCUT2D eigenvalue weighted by Crippen LogP contribution is -2.51. The lowest BCUT2D eigenvalue weighted by Gasteiger charge is -2.44. The van der Waals surface area contributed by atoms with Crippen molar-refractivity contribution in [3.05, 3.63) is 12.3 Å². The molecule has 1 fully saturated rings. The Kier molecular flexibility index (Phi) is 5.67. The van der Waals surface area contributed by atoms with Crippen LogP contribution in [-0.2, 0) is 4.74 Å². The van der Waals surface area contributed by atoms with Crippen molar-refractivity contribution < 1.29 is 4.74 Å². The van der Waals surface area contributed by atoms with Gasteiger partial charge in [0, 0.05) is 18.3 Å². The van der Waals surface area contributed by atoms with Crippen LogP contribution in [-0.4, -0.2) is 35.7 Å². The summed E-state index contributed by atoms with van der Waals surface area (Å²) in [6, 6.07) is 0.673. The quantitative estimate of drug-likeness (QED) is 0.820. The molecule has 18 heavy (non-hydrogen) atoms. The van der Waals surface area contributed by atoms with Gasteiger partial charge in [0.05, 0.1) is 18.2 Å². The van der Waals surface area contributed by atoms with Crippen LogP contribution in [0.2, 0.25) is 0 Å². The van der Waals surface area contributed by atoms with Crippen molar-refractivity contribution in [3.63, 3.8) is 0 Å². The molecular weight excluding hydrogens is 224 g/mol. The summed E-state index contributed by atoms with van der Waals surface area (Å²) in [5.74, 6) is 0.489. The highest BCUT2D eigenvalue weighted by atomic mass is 16.5. The van der Waals surface area contributed by atoms with Gasteiger partial charge in [0.15, 0.2) is 0 Å². The summed E-state index contributed by atoms with van der Waals surface area (Å²) in [5, 5.41) is 0. The molecule has 0 aromatic rings. The van der Waals surface area contributed by atoms with E-state index in [4.69, 9.17) is 10.5 Å². The predicted octanol–water partition coefficient (Wildman–Crippen LogP) is 2.76. The minimum Gasteiger partial charge on any atom is -0.372 e. The zero-order chi connectivity index (χ0) is 13.9. The van der Waals surface area contributed by atoms with Crippen LogP contribution in [0.5, 0.6) is 0 Å². The number of hydrogen-bond donors (Lipinski definition) is 1. The average Bonchev–Trinajstić information content (AvgIpc) is 2.32. The van der Waals surface area contributed by atoms with Crippen molar-refractivity contribution in [3.8, 4) is 0 Å². The van der Waals surface area contributed by atoms with Crippen LogP contribution in [0.25, 0.3) is 0 Å². The van der Waals surface area contributed by atoms with E-state index < -0.39 is 0 Å². The second-order valence-corrected chi connectivity index (χ2v) is 5.86. The molecule has 0 bridgehead atoms. The van der Waals surface area contributed by atoms with Crippen LogP contribution in [0, 0.1) is 5.92 Å². The maximum atomic E-state index is 6.10. The molecule has 2 N–H and O–H groups in total. The summed E-state index contributed by atoms with van der Waals surface area (Å²) in [5.41, 5.74) is 7.31. The lowest BCUT2D eigenvalue weighted by molar-refractivity contribution is -0.0889. The molecule has 5 atom stereocenters. The molecule has 5 unspecified atom stereocenters. The highest BCUT2D eigenvalue weighted by Gasteiger charge is 2.30. The monoisotopic (exact) mass is 254 g/mol. The highest BCUT2D eigenvalue weighted by molar-refractivity contribution is 5.01. The van der Waals surface area contributed by atoms with Crippen molar-refractivity contribution >= 4 is 0 Å². The van der Waals surface area contributed by atoms with E-state index in [9.17, 15) is 0 Å². The number of ether oxygens (including phenoxy) is 1. The first kappa shape index (κ1) is 15.5. The molecule has 0 spiro atoms. The molecule has 1 aliphatic rings. The van der Waals surface area contributed by atoms with Gasteiger partial charge in [-0.2, -0.15) is 0 Å². The molecule has 1 saturated heterocycles. The van der Waals surface area contributed by atoms with Crippen LogP contribution in [0.3, 0.4) is 0 Å². The number of morpholine rings is 1. The van der Waals surface area contributed by atoms with Gasteiger partial charge in [-0.3, -0.25) is 0 Å². The minimum atomic E-state index is 0.264. The summed E-state index contributed by atoms with van der Waals surface area (Å²) in [7, 11) is 0. The van der Waals surface area contributed by atoms with E-state index in [0.29, 0.717) is 12.0 Å². The van der Waals surface area contributed by atoms with Gasteiger partial charge < -0.3 is 15.4 Å². The van der Waals surface area contributed by atoms with Gasteiger partial charge in [-0.05, 0) is 39.5 Å². The van der Waals surface area contributed by atoms with E-state index in [-0.39, 0.29) is 18.2 Å². The first-order valence-corrected chi connectivity index (χ1v) is 7.22. The van der Waals surface area contributed by atoms with E-state index in [1.807, 2.05) is 0 Å². The predicted molar refractivity (Wildman–Crippen MR) is 77.4 cm³/mol. The van der Waals surface area contributed by atoms with Crippen LogP contribution in [0.15, 0.2) is 12.3 Å². The Morgan fingerprint density at radius 3 is 2.61 bits per heavy atom. The molecule has 0 radical (unpaired) electrons. The van der Waals surface area contributed by atoms with Crippen molar-refractivity contribution in [2.24, 2.45) is 11.7 Å². The molecular formula is C15H30N2O. The van der Waals surface area contributed by atoms with E-state index in [1.54, 1.807) is 0 Å². The molecule has 106 valence electrons. The Bertz CT molecular complexity index is 280. The molecule has 3 heteroatoms. The van der Waals surface area contributed by atoms with Gasteiger partial charge in [-0.15, -0.1) is 0 Å². The molecule has 0 aliphatic carbocycles. The van der Waals surface area contributed by atoms with E-state index >= 15 is 0 Å². The summed E-state index contributed by atoms with van der Waals surface area (Å²) in [6.45, 7) is 16.1. The molecule has 0 aromatic heterocycles. The van der Waals surface area contributed by atoms with Crippen molar-refractivity contribution in [1.82, 2.24) is 4.90 Å². The van der Waals surface area contributed by atoms with Gasteiger partial charge >= 0.3 is 0 Å². The van der Waals surface area contributed by atoms with Gasteiger partial charge in [0.1, 0.15) is 0 Å². The fourth-order valence-corrected chi connectivity index (χ4v) is 2.68. The van der Waals surface area contributed by atoms with E-state index in [0.717, 1.165) is 19.4 Å². The van der Waals surface area contributed by atoms with Gasteiger partial charge in [0.25, 0.3) is 0 Å². The fraction of sp³-hybridized carbons (Fsp3) is 0.867. The number of allylic oxidation sites excluding steroid dienone is 1. The Hall–Kier alpha value is -0.540. The van der Waals surface area contributed by atoms with Crippen molar-refractivity contribution in [2.75, 3.05) is 6.54 Å². The Labute approximate surface area is 112 Å². The summed E-state index contributed by atoms with van der Waals surface area (Å²) in [4.78, 5) is 2.40. The molecule has 0 aromatic carbocycles. The second-order valence-electron chi connectivity index (χ2n) is 5.86. The number of nitrogens with two attached hydrogens (primary N) is 1. The summed E-state index contributed by atoms with van der Waals surface area (Å²) < 4.78 is 5.84. The van der Waals surface area contributed by atoms with Crippen LogP contribution in [0.1, 0.15) is 47.5 Å². The third-order valence-electron chi connectivity index (χ3n) is 4.24. The average molecular weight is 254 g/mol. The molecule has 1 heterocycles. The number of nitrogens with zero attached hydrogens (tertiary/aromatic N) is 1. The van der Waals surface area contributed by atoms with Crippen LogP contribution in [0.4, 0.5) is 0 Å². The summed E-state index contributed by atoms with van der Waals surface area (Å²) >= 11 is 0. The molecule has 1 rings (SSSR count). The number of hydrogen-bond acceptors (Lipinski definition) is 3. The Morgan fingerprint density at radius 1 is 1.44 bits per heavy atom. The van der Waals surface area contributed by atoms with E-state index in [1.165, 1.54) is 5.70 Å². The third kappa shape index (κ3) is 3.72. The zero-order valence-corrected chi connectivity index (χ0v) is 12.6. The standard InChI is InChI=1S/C15H30N2O/c1-7-15(16)10(2)8-11(3)17-9-12(4)18-14(6)13(17)5/h10,12-15H,3,7-9,16H2,1-2,4-6H3. The maximum absolute atomic E-state index is 6.10. The Morgan fingerprint density at radius 2 is 2.06 bits per heavy atom. The fourth-order valence-electron chi connectivity index (χ4n) is 2.68. The topological polar surface area (TPSA) is 38.5 Å². The minimum absolute atomic E-state index is 0.264. The molecule has 0 amide bonds. The smallest absolute Gasteiger partial charge is 0.0751 e. The third-order valence-corrected chi connectivity index (χ3v) is 4.24. The van der Waals surface area contributed by atoms with Gasteiger partial charge in [-0.1, -0.05) is 20.4 Å². The van der Waals surface area contributed by atoms with Gasteiger partial charge in [0.2, 0.25) is 0 Å². The normalized spacial score (nSPS) is 32.1. The molecule has 3 nitrogen and oxygen atoms in total. The van der Waals surface area contributed by atoms with Gasteiger partial charge in [-0.25, -0.2) is 0 Å². The lowest BCUT2D eigenvalue weighted by atomic mass is 9.94. The highest BCUT2D eigenvalue weighted by Crippen LogP contribution is 2.25. The van der Waals surface area contributed by atoms with Crippen LogP contribution < -0.4 is 5.73 Å². The molecule has 1 aliphatic heterocycles. The number of rotatable bonds is 5. The largest absolute Gasteiger partial charge is 0.372 e. The van der Waals surface area contributed by atoms with E-state index in [2.05, 4.69) is 46.1 Å². The second kappa shape index (κ2) is 6.58. The zero-order valence-electron chi connectivity index (χ0n) is 12.6. The van der Waals surface area contributed by atoms with Crippen molar-refractivity contribution in [2.45, 2.75) is 71.8 Å². The first-order chi connectivity index (χ1) is 8.36. The first-order valence-electron chi connectivity index (χ1n) is 7.22. The maximum Gasteiger partial charge on any atom is 0.0751 e.